The van der Waals surface area contributed by atoms with Gasteiger partial charge in [-0.2, -0.15) is 0 Å². The van der Waals surface area contributed by atoms with Crippen LogP contribution in [0.15, 0.2) is 23.3 Å². The van der Waals surface area contributed by atoms with E-state index in [0.29, 0.717) is 11.8 Å². The summed E-state index contributed by atoms with van der Waals surface area (Å²) in [5, 5.41) is 2.45. The van der Waals surface area contributed by atoms with Crippen LogP contribution in [0.2, 0.25) is 0 Å². The minimum atomic E-state index is -0.596. The van der Waals surface area contributed by atoms with Crippen LogP contribution in [0.3, 0.4) is 0 Å². The summed E-state index contributed by atoms with van der Waals surface area (Å²) >= 11 is 0. The highest BCUT2D eigenvalue weighted by Gasteiger charge is 2.29. The highest BCUT2D eigenvalue weighted by atomic mass is 19.1. The van der Waals surface area contributed by atoms with Crippen molar-refractivity contribution in [1.82, 2.24) is 14.5 Å². The maximum Gasteiger partial charge on any atom is 0.263 e. The van der Waals surface area contributed by atoms with E-state index in [-0.39, 0.29) is 17.1 Å². The number of nitrogens with one attached hydrogen (secondary N) is 1. The van der Waals surface area contributed by atoms with Gasteiger partial charge < -0.3 is 4.57 Å². The fourth-order valence-electron chi connectivity index (χ4n) is 3.28. The third-order valence-electron chi connectivity index (χ3n) is 4.56. The summed E-state index contributed by atoms with van der Waals surface area (Å²) in [6.07, 6.45) is 3.73. The Kier molecular flexibility index (Phi) is 4.17. The number of hydrogen-bond acceptors (Lipinski definition) is 4. The Labute approximate surface area is 138 Å². The Morgan fingerprint density at radius 2 is 2.04 bits per heavy atom. The first-order chi connectivity index (χ1) is 11.4. The van der Waals surface area contributed by atoms with Crippen molar-refractivity contribution in [3.05, 3.63) is 51.5 Å². The summed E-state index contributed by atoms with van der Waals surface area (Å²) in [5.74, 6) is -0.453. The van der Waals surface area contributed by atoms with Crippen molar-refractivity contribution < 1.29 is 9.18 Å². The zero-order chi connectivity index (χ0) is 17.4. The van der Waals surface area contributed by atoms with Crippen LogP contribution in [0.1, 0.15) is 47.8 Å². The van der Waals surface area contributed by atoms with Crippen molar-refractivity contribution >= 4 is 11.9 Å². The third kappa shape index (κ3) is 2.81. The van der Waals surface area contributed by atoms with E-state index >= 15 is 0 Å². The van der Waals surface area contributed by atoms with Crippen molar-refractivity contribution in [3.63, 3.8) is 0 Å². The van der Waals surface area contributed by atoms with Gasteiger partial charge in [-0.3, -0.25) is 14.9 Å². The van der Waals surface area contributed by atoms with Crippen molar-refractivity contribution in [2.45, 2.75) is 32.6 Å². The van der Waals surface area contributed by atoms with Crippen LogP contribution in [-0.2, 0) is 13.5 Å². The van der Waals surface area contributed by atoms with Gasteiger partial charge in [0.25, 0.3) is 11.5 Å². The normalized spacial score (nSPS) is 16.3. The van der Waals surface area contributed by atoms with Crippen LogP contribution in [0.5, 0.6) is 0 Å². The molecule has 3 rings (SSSR count). The second kappa shape index (κ2) is 6.14. The Morgan fingerprint density at radius 1 is 1.38 bits per heavy atom. The second-order valence-electron chi connectivity index (χ2n) is 6.39. The first kappa shape index (κ1) is 16.3. The molecule has 1 aliphatic rings. The molecule has 7 heteroatoms. The van der Waals surface area contributed by atoms with Crippen molar-refractivity contribution in [2.24, 2.45) is 13.0 Å². The first-order valence-electron chi connectivity index (χ1n) is 7.90. The molecule has 0 bridgehead atoms. The summed E-state index contributed by atoms with van der Waals surface area (Å²) in [6, 6.07) is 1.69. The van der Waals surface area contributed by atoms with Gasteiger partial charge in [0.2, 0.25) is 5.95 Å². The van der Waals surface area contributed by atoms with Gasteiger partial charge in [-0.1, -0.05) is 13.8 Å². The number of halogens is 1. The molecule has 24 heavy (non-hydrogen) atoms. The SMILES string of the molecule is CC(C)C1CCc2c1cc(C(=O)Nc1ncc(F)cn1)c(=O)n2C. The molecule has 1 unspecified atom stereocenters. The van der Waals surface area contributed by atoms with Crippen molar-refractivity contribution in [1.29, 1.82) is 0 Å². The largest absolute Gasteiger partial charge is 0.315 e. The summed E-state index contributed by atoms with van der Waals surface area (Å²) in [4.78, 5) is 32.3. The van der Waals surface area contributed by atoms with Crippen LogP contribution in [0.25, 0.3) is 0 Å². The first-order valence-corrected chi connectivity index (χ1v) is 7.90. The van der Waals surface area contributed by atoms with Gasteiger partial charge >= 0.3 is 0 Å². The van der Waals surface area contributed by atoms with E-state index in [0.717, 1.165) is 36.5 Å². The van der Waals surface area contributed by atoms with Crippen LogP contribution in [0, 0.1) is 11.7 Å². The Morgan fingerprint density at radius 3 is 2.67 bits per heavy atom. The molecule has 0 saturated carbocycles. The van der Waals surface area contributed by atoms with Crippen LogP contribution >= 0.6 is 0 Å². The maximum atomic E-state index is 12.8. The summed E-state index contributed by atoms with van der Waals surface area (Å²) < 4.78 is 14.4. The number of carbonyl (C=O) groups excluding carboxylic acids is 1. The van der Waals surface area contributed by atoms with E-state index in [1.807, 2.05) is 0 Å². The molecule has 0 aliphatic heterocycles. The smallest absolute Gasteiger partial charge is 0.263 e. The predicted molar refractivity (Wildman–Crippen MR) is 87.5 cm³/mol. The molecule has 1 amide bonds. The van der Waals surface area contributed by atoms with Gasteiger partial charge in [-0.05, 0) is 36.3 Å². The van der Waals surface area contributed by atoms with Crippen LogP contribution < -0.4 is 10.9 Å². The fourth-order valence-corrected chi connectivity index (χ4v) is 3.28. The lowest BCUT2D eigenvalue weighted by Gasteiger charge is -2.17. The number of hydrogen-bond donors (Lipinski definition) is 1. The van der Waals surface area contributed by atoms with E-state index < -0.39 is 11.7 Å². The molecule has 1 aliphatic carbocycles. The third-order valence-corrected chi connectivity index (χ3v) is 4.56. The molecule has 0 radical (unpaired) electrons. The van der Waals surface area contributed by atoms with Crippen LogP contribution in [0.4, 0.5) is 10.3 Å². The number of anilines is 1. The molecular weight excluding hydrogens is 311 g/mol. The Bertz CT molecular complexity index is 843. The highest BCUT2D eigenvalue weighted by molar-refractivity contribution is 6.03. The minimum Gasteiger partial charge on any atom is -0.315 e. The van der Waals surface area contributed by atoms with Gasteiger partial charge in [0.1, 0.15) is 5.56 Å². The van der Waals surface area contributed by atoms with Gasteiger partial charge in [0.05, 0.1) is 12.4 Å². The molecule has 126 valence electrons. The number of rotatable bonds is 3. The van der Waals surface area contributed by atoms with Gasteiger partial charge in [-0.25, -0.2) is 14.4 Å². The molecule has 0 saturated heterocycles. The van der Waals surface area contributed by atoms with E-state index in [4.69, 9.17) is 0 Å². The van der Waals surface area contributed by atoms with E-state index in [1.54, 1.807) is 17.7 Å². The molecule has 2 heterocycles. The number of pyridine rings is 1. The molecule has 0 fully saturated rings. The van der Waals surface area contributed by atoms with Gasteiger partial charge in [0, 0.05) is 12.7 Å². The number of fused-ring (bicyclic) bond motifs is 1. The molecule has 2 aromatic rings. The monoisotopic (exact) mass is 330 g/mol. The van der Waals surface area contributed by atoms with Gasteiger partial charge in [0.15, 0.2) is 5.82 Å². The molecular formula is C17H19FN4O2. The lowest BCUT2D eigenvalue weighted by Crippen LogP contribution is -2.30. The highest BCUT2D eigenvalue weighted by Crippen LogP contribution is 2.37. The minimum absolute atomic E-state index is 0.0376. The molecule has 0 aromatic carbocycles. The van der Waals surface area contributed by atoms with E-state index in [9.17, 15) is 14.0 Å². The summed E-state index contributed by atoms with van der Waals surface area (Å²) in [6.45, 7) is 4.27. The molecule has 0 spiro atoms. The van der Waals surface area contributed by atoms with Gasteiger partial charge in [-0.15, -0.1) is 0 Å². The predicted octanol–water partition coefficient (Wildman–Crippen LogP) is 2.25. The number of aromatic nitrogens is 3. The van der Waals surface area contributed by atoms with E-state index in [1.165, 1.54) is 0 Å². The van der Waals surface area contributed by atoms with Crippen molar-refractivity contribution in [2.75, 3.05) is 5.32 Å². The Hall–Kier alpha value is -2.57. The summed E-state index contributed by atoms with van der Waals surface area (Å²) in [7, 11) is 1.69. The average Bonchev–Trinajstić information content (AvgIpc) is 2.97. The fraction of sp³-hybridized carbons (Fsp3) is 0.412. The number of nitrogens with zero attached hydrogens (tertiary/aromatic N) is 3. The molecule has 1 atom stereocenters. The lowest BCUT2D eigenvalue weighted by atomic mass is 9.90. The van der Waals surface area contributed by atoms with E-state index in [2.05, 4.69) is 29.1 Å². The lowest BCUT2D eigenvalue weighted by molar-refractivity contribution is 0.102. The molecule has 2 aromatic heterocycles. The van der Waals surface area contributed by atoms with Crippen molar-refractivity contribution in [3.8, 4) is 0 Å². The number of amides is 1. The average molecular weight is 330 g/mol. The second-order valence-corrected chi connectivity index (χ2v) is 6.39. The van der Waals surface area contributed by atoms with Crippen LogP contribution in [-0.4, -0.2) is 20.4 Å². The molecule has 6 nitrogen and oxygen atoms in total. The Balaban J connectivity index is 1.97. The summed E-state index contributed by atoms with van der Waals surface area (Å²) in [5.41, 5.74) is 1.75. The topological polar surface area (TPSA) is 76.9 Å². The molecule has 1 N–H and O–H groups in total. The number of carbonyl (C=O) groups is 1. The quantitative estimate of drug-likeness (QED) is 0.936. The standard InChI is InChI=1S/C17H19FN4O2/c1-9(2)11-4-5-14-12(11)6-13(16(24)22(14)3)15(23)21-17-19-7-10(18)8-20-17/h6-9,11H,4-5H2,1-3H3,(H,19,20,21,23). The zero-order valence-corrected chi connectivity index (χ0v) is 13.8. The zero-order valence-electron chi connectivity index (χ0n) is 13.8. The maximum absolute atomic E-state index is 12.8.